The van der Waals surface area contributed by atoms with Gasteiger partial charge in [0.1, 0.15) is 0 Å². The van der Waals surface area contributed by atoms with Crippen molar-refractivity contribution in [3.8, 4) is 0 Å². The lowest BCUT2D eigenvalue weighted by Crippen LogP contribution is -2.64. The lowest BCUT2D eigenvalue weighted by atomic mass is 9.64. The Morgan fingerprint density at radius 1 is 1.38 bits per heavy atom. The van der Waals surface area contributed by atoms with Crippen molar-refractivity contribution in [3.05, 3.63) is 0 Å². The van der Waals surface area contributed by atoms with Crippen LogP contribution in [0.3, 0.4) is 0 Å². The minimum atomic E-state index is 0. The van der Waals surface area contributed by atoms with Crippen molar-refractivity contribution in [2.45, 2.75) is 51.8 Å². The fourth-order valence-electron chi connectivity index (χ4n) is 2.35. The van der Waals surface area contributed by atoms with Gasteiger partial charge in [0, 0.05) is 37.7 Å². The highest BCUT2D eigenvalue weighted by molar-refractivity contribution is 14.0. The first kappa shape index (κ1) is 20.9. The van der Waals surface area contributed by atoms with Gasteiger partial charge in [0.15, 0.2) is 5.96 Å². The minimum absolute atomic E-state index is 0. The van der Waals surface area contributed by atoms with Crippen molar-refractivity contribution in [1.82, 2.24) is 15.5 Å². The predicted molar refractivity (Wildman–Crippen MR) is 101 cm³/mol. The van der Waals surface area contributed by atoms with E-state index in [9.17, 15) is 0 Å². The normalized spacial score (nSPS) is 25.1. The number of rotatable bonds is 5. The van der Waals surface area contributed by atoms with E-state index >= 15 is 0 Å². The third-order valence-corrected chi connectivity index (χ3v) is 4.90. The first-order chi connectivity index (χ1) is 9.15. The second-order valence-corrected chi connectivity index (χ2v) is 7.11. The molecule has 2 unspecified atom stereocenters. The number of methoxy groups -OCH3 is 1. The lowest BCUT2D eigenvalue weighted by Gasteiger charge is -2.51. The van der Waals surface area contributed by atoms with Gasteiger partial charge in [-0.05, 0) is 34.4 Å². The molecule has 2 N–H and O–H groups in total. The number of likely N-dealkylation sites (N-methyl/N-ethyl adjacent to an activating group) is 1. The zero-order chi connectivity index (χ0) is 15.6. The first-order valence-electron chi connectivity index (χ1n) is 7.32. The molecule has 1 saturated carbocycles. The van der Waals surface area contributed by atoms with E-state index in [1.807, 2.05) is 7.05 Å². The van der Waals surface area contributed by atoms with Crippen LogP contribution in [0.5, 0.6) is 0 Å². The second kappa shape index (κ2) is 7.97. The molecule has 0 bridgehead atoms. The number of halogens is 1. The van der Waals surface area contributed by atoms with Gasteiger partial charge < -0.3 is 20.3 Å². The molecule has 1 aliphatic rings. The second-order valence-electron chi connectivity index (χ2n) is 7.11. The Morgan fingerprint density at radius 2 is 1.95 bits per heavy atom. The Kier molecular flexibility index (Phi) is 7.94. The van der Waals surface area contributed by atoms with Crippen LogP contribution in [0.25, 0.3) is 0 Å². The van der Waals surface area contributed by atoms with Crippen LogP contribution in [-0.4, -0.2) is 63.3 Å². The maximum absolute atomic E-state index is 5.49. The molecule has 2 atom stereocenters. The summed E-state index contributed by atoms with van der Waals surface area (Å²) in [6, 6.07) is 0.404. The molecule has 0 aromatic heterocycles. The van der Waals surface area contributed by atoms with Crippen molar-refractivity contribution in [2.75, 3.05) is 34.8 Å². The van der Waals surface area contributed by atoms with Gasteiger partial charge in [0.2, 0.25) is 0 Å². The Morgan fingerprint density at radius 3 is 2.33 bits per heavy atom. The smallest absolute Gasteiger partial charge is 0.191 e. The first-order valence-corrected chi connectivity index (χ1v) is 7.32. The van der Waals surface area contributed by atoms with Gasteiger partial charge in [0.05, 0.1) is 6.10 Å². The number of nitrogens with one attached hydrogen (secondary N) is 2. The van der Waals surface area contributed by atoms with E-state index in [-0.39, 0.29) is 34.9 Å². The van der Waals surface area contributed by atoms with Crippen molar-refractivity contribution in [2.24, 2.45) is 10.4 Å². The number of ether oxygens (including phenoxy) is 1. The van der Waals surface area contributed by atoms with Gasteiger partial charge in [-0.25, -0.2) is 0 Å². The Bertz CT molecular complexity index is 356. The van der Waals surface area contributed by atoms with E-state index < -0.39 is 0 Å². The molecule has 1 rings (SSSR count). The standard InChI is InChI=1S/C15H32N4O.HI/c1-14(2,19(6)7)10-17-13(16-5)18-11-9-12(20-8)15(11,3)4;/h11-12H,9-10H2,1-8H3,(H2,16,17,18);1H. The van der Waals surface area contributed by atoms with Crippen molar-refractivity contribution < 1.29 is 4.74 Å². The summed E-state index contributed by atoms with van der Waals surface area (Å²) in [7, 11) is 7.79. The zero-order valence-corrected chi connectivity index (χ0v) is 17.1. The van der Waals surface area contributed by atoms with Gasteiger partial charge in [-0.3, -0.25) is 4.99 Å². The molecule has 0 spiro atoms. The molecule has 0 aromatic rings. The van der Waals surface area contributed by atoms with E-state index in [1.54, 1.807) is 7.11 Å². The summed E-state index contributed by atoms with van der Waals surface area (Å²) >= 11 is 0. The Balaban J connectivity index is 0.00000400. The van der Waals surface area contributed by atoms with Gasteiger partial charge in [-0.2, -0.15) is 0 Å². The van der Waals surface area contributed by atoms with Gasteiger partial charge in [-0.1, -0.05) is 13.8 Å². The Hall–Kier alpha value is -0.0800. The van der Waals surface area contributed by atoms with Crippen molar-refractivity contribution in [3.63, 3.8) is 0 Å². The fraction of sp³-hybridized carbons (Fsp3) is 0.933. The quantitative estimate of drug-likeness (QED) is 0.412. The molecule has 21 heavy (non-hydrogen) atoms. The van der Waals surface area contributed by atoms with Crippen molar-refractivity contribution in [1.29, 1.82) is 0 Å². The third kappa shape index (κ3) is 4.96. The SMILES string of the molecule is CN=C(NCC(C)(C)N(C)C)NC1CC(OC)C1(C)C.I. The molecular weight excluding hydrogens is 379 g/mol. The van der Waals surface area contributed by atoms with E-state index in [2.05, 4.69) is 62.3 Å². The number of hydrogen-bond acceptors (Lipinski definition) is 3. The molecule has 0 heterocycles. The summed E-state index contributed by atoms with van der Waals surface area (Å²) < 4.78 is 5.49. The largest absolute Gasteiger partial charge is 0.381 e. The molecule has 0 aromatic carbocycles. The van der Waals surface area contributed by atoms with E-state index in [4.69, 9.17) is 4.74 Å². The highest BCUT2D eigenvalue weighted by Gasteiger charge is 2.48. The Labute approximate surface area is 147 Å². The van der Waals surface area contributed by atoms with E-state index in [0.717, 1.165) is 18.9 Å². The van der Waals surface area contributed by atoms with Crippen LogP contribution in [0.1, 0.15) is 34.1 Å². The van der Waals surface area contributed by atoms with E-state index in [1.165, 1.54) is 0 Å². The van der Waals surface area contributed by atoms with Crippen LogP contribution in [-0.2, 0) is 4.74 Å². The third-order valence-electron chi connectivity index (χ3n) is 4.90. The lowest BCUT2D eigenvalue weighted by molar-refractivity contribution is -0.0922. The molecule has 0 amide bonds. The topological polar surface area (TPSA) is 48.9 Å². The highest BCUT2D eigenvalue weighted by Crippen LogP contribution is 2.42. The summed E-state index contributed by atoms with van der Waals surface area (Å²) in [6.45, 7) is 9.74. The number of guanidine groups is 1. The summed E-state index contributed by atoms with van der Waals surface area (Å²) in [4.78, 5) is 6.53. The summed E-state index contributed by atoms with van der Waals surface area (Å²) in [6.07, 6.45) is 1.36. The number of hydrogen-bond donors (Lipinski definition) is 2. The van der Waals surface area contributed by atoms with Crippen LogP contribution in [0, 0.1) is 5.41 Å². The number of nitrogens with zero attached hydrogens (tertiary/aromatic N) is 2. The summed E-state index contributed by atoms with van der Waals surface area (Å²) in [5.41, 5.74) is 0.227. The maximum atomic E-state index is 5.49. The van der Waals surface area contributed by atoms with Crippen molar-refractivity contribution >= 4 is 29.9 Å². The monoisotopic (exact) mass is 412 g/mol. The van der Waals surface area contributed by atoms with E-state index in [0.29, 0.717) is 12.1 Å². The molecule has 126 valence electrons. The van der Waals surface area contributed by atoms with Gasteiger partial charge in [-0.15, -0.1) is 24.0 Å². The number of aliphatic imine (C=N–C) groups is 1. The van der Waals surface area contributed by atoms with Gasteiger partial charge >= 0.3 is 0 Å². The minimum Gasteiger partial charge on any atom is -0.381 e. The summed E-state index contributed by atoms with van der Waals surface area (Å²) in [5.74, 6) is 0.868. The molecule has 0 radical (unpaired) electrons. The van der Waals surface area contributed by atoms with Crippen LogP contribution >= 0.6 is 24.0 Å². The average molecular weight is 412 g/mol. The van der Waals surface area contributed by atoms with Crippen LogP contribution in [0.4, 0.5) is 0 Å². The molecule has 1 aliphatic carbocycles. The molecule has 0 saturated heterocycles. The summed E-state index contributed by atoms with van der Waals surface area (Å²) in [5, 5.41) is 6.93. The zero-order valence-electron chi connectivity index (χ0n) is 14.8. The van der Waals surface area contributed by atoms with Gasteiger partial charge in [0.25, 0.3) is 0 Å². The molecule has 0 aliphatic heterocycles. The maximum Gasteiger partial charge on any atom is 0.191 e. The van der Waals surface area contributed by atoms with Crippen LogP contribution in [0.2, 0.25) is 0 Å². The van der Waals surface area contributed by atoms with Crippen LogP contribution in [0.15, 0.2) is 4.99 Å². The fourth-order valence-corrected chi connectivity index (χ4v) is 2.35. The highest BCUT2D eigenvalue weighted by atomic mass is 127. The molecule has 6 heteroatoms. The molecule has 1 fully saturated rings. The average Bonchev–Trinajstić information content (AvgIpc) is 2.36. The molecule has 5 nitrogen and oxygen atoms in total. The van der Waals surface area contributed by atoms with Crippen LogP contribution < -0.4 is 10.6 Å². The molecular formula is C15H33IN4O. The predicted octanol–water partition coefficient (Wildman–Crippen LogP) is 1.92.